The van der Waals surface area contributed by atoms with Crippen LogP contribution in [0.4, 0.5) is 0 Å². The Bertz CT molecular complexity index is 1450. The van der Waals surface area contributed by atoms with E-state index in [1.807, 2.05) is 42.2 Å². The fraction of sp³-hybridized carbons (Fsp3) is 0.432. The van der Waals surface area contributed by atoms with E-state index in [1.165, 1.54) is 16.5 Å². The highest BCUT2D eigenvalue weighted by Crippen LogP contribution is 2.23. The van der Waals surface area contributed by atoms with Crippen LogP contribution in [0.15, 0.2) is 79.0 Å². The molecule has 0 bridgehead atoms. The fourth-order valence-electron chi connectivity index (χ4n) is 5.48. The molecule has 0 radical (unpaired) electrons. The molecule has 1 unspecified atom stereocenters. The Morgan fingerprint density at radius 1 is 0.953 bits per heavy atom. The van der Waals surface area contributed by atoms with Crippen LogP contribution in [0.5, 0.6) is 5.75 Å². The van der Waals surface area contributed by atoms with E-state index >= 15 is 0 Å². The summed E-state index contributed by atoms with van der Waals surface area (Å²) < 4.78 is 5.91. The second-order valence-corrected chi connectivity index (χ2v) is 13.2. The van der Waals surface area contributed by atoms with Crippen LogP contribution in [0.1, 0.15) is 56.9 Å². The standard InChI is InChI=1S/C37H49N3O3/c1-27(2)22-39(24-32(41)26-43-35-14-10-7-11-28(35)3)25-36(42)40(23-29-15-17-31(18-16-29)37(4,5)6)20-19-30-21-38-34-13-9-8-12-33(30)34/h7-18,21,27,32,38,41H,19-20,22-26H2,1-6H3. The maximum Gasteiger partial charge on any atom is 0.237 e. The molecule has 0 saturated heterocycles. The second-order valence-electron chi connectivity index (χ2n) is 13.2. The van der Waals surface area contributed by atoms with Crippen molar-refractivity contribution in [3.8, 4) is 5.75 Å². The van der Waals surface area contributed by atoms with Gasteiger partial charge in [-0.15, -0.1) is 0 Å². The first-order valence-electron chi connectivity index (χ1n) is 15.5. The summed E-state index contributed by atoms with van der Waals surface area (Å²) in [5.74, 6) is 1.18. The van der Waals surface area contributed by atoms with Crippen molar-refractivity contribution in [3.63, 3.8) is 0 Å². The van der Waals surface area contributed by atoms with E-state index in [0.717, 1.165) is 28.8 Å². The molecule has 1 amide bonds. The van der Waals surface area contributed by atoms with Gasteiger partial charge in [0.25, 0.3) is 0 Å². The first-order valence-corrected chi connectivity index (χ1v) is 15.5. The minimum Gasteiger partial charge on any atom is -0.491 e. The summed E-state index contributed by atoms with van der Waals surface area (Å²) in [6.45, 7) is 15.6. The SMILES string of the molecule is Cc1ccccc1OCC(O)CN(CC(=O)N(CCc1c[nH]c2ccccc12)Cc1ccc(C(C)(C)C)cc1)CC(C)C. The molecule has 2 N–H and O–H groups in total. The Balaban J connectivity index is 1.47. The van der Waals surface area contributed by atoms with Gasteiger partial charge in [0, 0.05) is 43.3 Å². The molecule has 3 aromatic carbocycles. The van der Waals surface area contributed by atoms with Gasteiger partial charge in [0.2, 0.25) is 5.91 Å². The van der Waals surface area contributed by atoms with E-state index in [-0.39, 0.29) is 24.5 Å². The fourth-order valence-corrected chi connectivity index (χ4v) is 5.48. The Labute approximate surface area is 257 Å². The molecule has 4 rings (SSSR count). The summed E-state index contributed by atoms with van der Waals surface area (Å²) in [5, 5.41) is 12.1. The Morgan fingerprint density at radius 2 is 1.65 bits per heavy atom. The van der Waals surface area contributed by atoms with Gasteiger partial charge in [0.05, 0.1) is 6.54 Å². The van der Waals surface area contributed by atoms with Crippen molar-refractivity contribution in [2.45, 2.75) is 66.0 Å². The molecule has 0 spiro atoms. The van der Waals surface area contributed by atoms with E-state index in [1.54, 1.807) is 0 Å². The summed E-state index contributed by atoms with van der Waals surface area (Å²) in [6, 6.07) is 24.7. The predicted molar refractivity (Wildman–Crippen MR) is 177 cm³/mol. The molecular formula is C37H49N3O3. The van der Waals surface area contributed by atoms with Crippen molar-refractivity contribution in [1.29, 1.82) is 0 Å². The minimum absolute atomic E-state index is 0.0624. The van der Waals surface area contributed by atoms with Crippen molar-refractivity contribution >= 4 is 16.8 Å². The molecule has 4 aromatic rings. The minimum atomic E-state index is -0.712. The number of aryl methyl sites for hydroxylation is 1. The number of H-pyrrole nitrogens is 1. The van der Waals surface area contributed by atoms with E-state index < -0.39 is 6.10 Å². The van der Waals surface area contributed by atoms with E-state index in [0.29, 0.717) is 32.1 Å². The van der Waals surface area contributed by atoms with Gasteiger partial charge < -0.3 is 19.7 Å². The van der Waals surface area contributed by atoms with Gasteiger partial charge in [0.1, 0.15) is 18.5 Å². The molecule has 6 heteroatoms. The van der Waals surface area contributed by atoms with Crippen LogP contribution in [0, 0.1) is 12.8 Å². The summed E-state index contributed by atoms with van der Waals surface area (Å²) in [7, 11) is 0. The molecule has 1 heterocycles. The maximum atomic E-state index is 14.0. The maximum absolute atomic E-state index is 14.0. The lowest BCUT2D eigenvalue weighted by molar-refractivity contribution is -0.133. The molecule has 43 heavy (non-hydrogen) atoms. The number of hydrogen-bond acceptors (Lipinski definition) is 4. The van der Waals surface area contributed by atoms with Crippen molar-refractivity contribution in [1.82, 2.24) is 14.8 Å². The third kappa shape index (κ3) is 9.44. The summed E-state index contributed by atoms with van der Waals surface area (Å²) in [4.78, 5) is 21.4. The number of aromatic nitrogens is 1. The number of aromatic amines is 1. The first kappa shape index (κ1) is 32.3. The second kappa shape index (κ2) is 14.7. The first-order chi connectivity index (χ1) is 20.5. The van der Waals surface area contributed by atoms with E-state index in [9.17, 15) is 9.90 Å². The number of carbonyl (C=O) groups excluding carboxylic acids is 1. The quantitative estimate of drug-likeness (QED) is 0.172. The molecule has 6 nitrogen and oxygen atoms in total. The smallest absolute Gasteiger partial charge is 0.237 e. The molecule has 1 atom stereocenters. The largest absolute Gasteiger partial charge is 0.491 e. The normalized spacial score (nSPS) is 12.7. The number of hydrogen-bond donors (Lipinski definition) is 2. The number of fused-ring (bicyclic) bond motifs is 1. The average molecular weight is 584 g/mol. The van der Waals surface area contributed by atoms with Crippen molar-refractivity contribution in [3.05, 3.63) is 101 Å². The molecule has 0 fully saturated rings. The van der Waals surface area contributed by atoms with Gasteiger partial charge in [-0.1, -0.05) is 95.3 Å². The Kier molecular flexibility index (Phi) is 11.1. The van der Waals surface area contributed by atoms with Gasteiger partial charge in [-0.25, -0.2) is 0 Å². The highest BCUT2D eigenvalue weighted by molar-refractivity contribution is 5.83. The summed E-state index contributed by atoms with van der Waals surface area (Å²) >= 11 is 0. The number of ether oxygens (including phenoxy) is 1. The van der Waals surface area contributed by atoms with Crippen LogP contribution in [-0.2, 0) is 23.2 Å². The lowest BCUT2D eigenvalue weighted by atomic mass is 9.87. The summed E-state index contributed by atoms with van der Waals surface area (Å²) in [5.41, 5.74) is 5.81. The molecule has 0 aliphatic rings. The molecule has 230 valence electrons. The van der Waals surface area contributed by atoms with Gasteiger partial charge >= 0.3 is 0 Å². The third-order valence-corrected chi connectivity index (χ3v) is 7.85. The number of nitrogens with zero attached hydrogens (tertiary/aromatic N) is 2. The van der Waals surface area contributed by atoms with Gasteiger partial charge in [-0.05, 0) is 59.1 Å². The van der Waals surface area contributed by atoms with Crippen molar-refractivity contribution < 1.29 is 14.6 Å². The average Bonchev–Trinajstić information content (AvgIpc) is 3.37. The summed E-state index contributed by atoms with van der Waals surface area (Å²) in [6.07, 6.45) is 2.10. The van der Waals surface area contributed by atoms with Crippen molar-refractivity contribution in [2.24, 2.45) is 5.92 Å². The Morgan fingerprint density at radius 3 is 2.35 bits per heavy atom. The zero-order valence-electron chi connectivity index (χ0n) is 26.8. The number of nitrogens with one attached hydrogen (secondary N) is 1. The van der Waals surface area contributed by atoms with Crippen LogP contribution in [-0.4, -0.2) is 64.7 Å². The lowest BCUT2D eigenvalue weighted by Crippen LogP contribution is -2.45. The number of carbonyl (C=O) groups is 1. The molecule has 0 saturated carbocycles. The molecule has 0 aliphatic carbocycles. The van der Waals surface area contributed by atoms with Gasteiger partial charge in [0.15, 0.2) is 0 Å². The number of rotatable bonds is 14. The van der Waals surface area contributed by atoms with Crippen LogP contribution in [0.3, 0.4) is 0 Å². The van der Waals surface area contributed by atoms with Gasteiger partial charge in [-0.2, -0.15) is 0 Å². The van der Waals surface area contributed by atoms with Crippen LogP contribution < -0.4 is 4.74 Å². The van der Waals surface area contributed by atoms with Gasteiger partial charge in [-0.3, -0.25) is 9.69 Å². The number of para-hydroxylation sites is 2. The van der Waals surface area contributed by atoms with Crippen LogP contribution in [0.2, 0.25) is 0 Å². The number of aliphatic hydroxyl groups excluding tert-OH is 1. The topological polar surface area (TPSA) is 68.8 Å². The molecule has 1 aromatic heterocycles. The number of aliphatic hydroxyl groups is 1. The van der Waals surface area contributed by atoms with Crippen LogP contribution >= 0.6 is 0 Å². The third-order valence-electron chi connectivity index (χ3n) is 7.85. The zero-order valence-corrected chi connectivity index (χ0v) is 26.8. The predicted octanol–water partition coefficient (Wildman–Crippen LogP) is 6.74. The molecule has 0 aliphatic heterocycles. The highest BCUT2D eigenvalue weighted by atomic mass is 16.5. The Hall–Kier alpha value is -3.61. The lowest BCUT2D eigenvalue weighted by Gasteiger charge is -2.30. The van der Waals surface area contributed by atoms with Crippen LogP contribution in [0.25, 0.3) is 10.9 Å². The van der Waals surface area contributed by atoms with E-state index in [4.69, 9.17) is 4.74 Å². The van der Waals surface area contributed by atoms with E-state index in [2.05, 4.69) is 93.2 Å². The zero-order chi connectivity index (χ0) is 31.0. The molecular weight excluding hydrogens is 534 g/mol. The van der Waals surface area contributed by atoms with Crippen molar-refractivity contribution in [2.75, 3.05) is 32.8 Å². The monoisotopic (exact) mass is 583 g/mol. The number of benzene rings is 3. The highest BCUT2D eigenvalue weighted by Gasteiger charge is 2.22. The number of amides is 1.